The summed E-state index contributed by atoms with van der Waals surface area (Å²) in [5.74, 6) is 1.50. The summed E-state index contributed by atoms with van der Waals surface area (Å²) in [4.78, 5) is 0.309. The van der Waals surface area contributed by atoms with E-state index in [0.29, 0.717) is 40.8 Å². The second-order valence-electron chi connectivity index (χ2n) is 4.84. The van der Waals surface area contributed by atoms with Crippen LogP contribution in [0.25, 0.3) is 0 Å². The molecule has 2 rings (SSSR count). The van der Waals surface area contributed by atoms with E-state index in [4.69, 9.17) is 4.74 Å². The third-order valence-electron chi connectivity index (χ3n) is 3.45. The van der Waals surface area contributed by atoms with Gasteiger partial charge in [-0.1, -0.05) is 0 Å². The summed E-state index contributed by atoms with van der Waals surface area (Å²) in [5, 5.41) is 0. The monoisotopic (exact) mass is 317 g/mol. The van der Waals surface area contributed by atoms with Crippen LogP contribution in [0.1, 0.15) is 11.1 Å². The van der Waals surface area contributed by atoms with E-state index in [0.717, 1.165) is 5.56 Å². The number of hydrogen-bond acceptors (Lipinski definition) is 4. The van der Waals surface area contributed by atoms with E-state index in [1.807, 2.05) is 6.92 Å². The summed E-state index contributed by atoms with van der Waals surface area (Å²) in [6.45, 7) is 4.22. The van der Waals surface area contributed by atoms with Gasteiger partial charge in [-0.15, -0.1) is 0 Å². The molecule has 20 heavy (non-hydrogen) atoms. The summed E-state index contributed by atoms with van der Waals surface area (Å²) >= 11 is 0. The summed E-state index contributed by atoms with van der Waals surface area (Å²) < 4.78 is 43.3. The second kappa shape index (κ2) is 5.83. The average Bonchev–Trinajstić information content (AvgIpc) is 2.41. The van der Waals surface area contributed by atoms with Gasteiger partial charge >= 0.3 is 0 Å². The fourth-order valence-corrected chi connectivity index (χ4v) is 5.28. The molecule has 5 nitrogen and oxygen atoms in total. The molecule has 1 aliphatic heterocycles. The molecule has 0 amide bonds. The van der Waals surface area contributed by atoms with E-state index >= 15 is 0 Å². The third kappa shape index (κ3) is 2.89. The van der Waals surface area contributed by atoms with Gasteiger partial charge in [-0.3, -0.25) is 4.21 Å². The minimum Gasteiger partial charge on any atom is -0.496 e. The Hall–Kier alpha value is -0.920. The van der Waals surface area contributed by atoms with E-state index in [1.165, 1.54) is 4.31 Å². The normalized spacial score (nSPS) is 18.1. The molecule has 1 heterocycles. The SMILES string of the molecule is COc1cc(C)c(S(=O)(=O)N2CCS(=O)CC2)cc1C. The summed E-state index contributed by atoms with van der Waals surface area (Å²) in [5.41, 5.74) is 1.46. The van der Waals surface area contributed by atoms with Crippen LogP contribution in [0.5, 0.6) is 5.75 Å². The molecule has 1 fully saturated rings. The van der Waals surface area contributed by atoms with E-state index in [2.05, 4.69) is 0 Å². The summed E-state index contributed by atoms with van der Waals surface area (Å²) in [7, 11) is -2.85. The number of sulfonamides is 1. The van der Waals surface area contributed by atoms with Gasteiger partial charge in [0.15, 0.2) is 0 Å². The van der Waals surface area contributed by atoms with Crippen LogP contribution in [0.2, 0.25) is 0 Å². The lowest BCUT2D eigenvalue weighted by atomic mass is 10.1. The highest BCUT2D eigenvalue weighted by atomic mass is 32.2. The highest BCUT2D eigenvalue weighted by molar-refractivity contribution is 7.89. The maximum atomic E-state index is 12.7. The van der Waals surface area contributed by atoms with Gasteiger partial charge in [-0.2, -0.15) is 4.31 Å². The quantitative estimate of drug-likeness (QED) is 0.836. The Morgan fingerprint density at radius 1 is 1.15 bits per heavy atom. The largest absolute Gasteiger partial charge is 0.496 e. The van der Waals surface area contributed by atoms with Crippen molar-refractivity contribution in [3.05, 3.63) is 23.3 Å². The number of methoxy groups -OCH3 is 1. The molecule has 1 aromatic carbocycles. The van der Waals surface area contributed by atoms with Gasteiger partial charge in [0.05, 0.1) is 12.0 Å². The van der Waals surface area contributed by atoms with Gasteiger partial charge in [0.1, 0.15) is 5.75 Å². The number of benzene rings is 1. The number of ether oxygens (including phenoxy) is 1. The lowest BCUT2D eigenvalue weighted by Crippen LogP contribution is -2.41. The van der Waals surface area contributed by atoms with Crippen LogP contribution < -0.4 is 4.74 Å². The zero-order valence-electron chi connectivity index (χ0n) is 11.9. The fourth-order valence-electron chi connectivity index (χ4n) is 2.26. The highest BCUT2D eigenvalue weighted by Gasteiger charge is 2.29. The van der Waals surface area contributed by atoms with Crippen molar-refractivity contribution in [1.82, 2.24) is 4.31 Å². The Balaban J connectivity index is 2.39. The molecule has 1 saturated heterocycles. The van der Waals surface area contributed by atoms with Crippen molar-refractivity contribution in [2.75, 3.05) is 31.7 Å². The Bertz CT molecular complexity index is 630. The first kappa shape index (κ1) is 15.5. The van der Waals surface area contributed by atoms with Crippen molar-refractivity contribution >= 4 is 20.8 Å². The number of hydrogen-bond donors (Lipinski definition) is 0. The van der Waals surface area contributed by atoms with Gasteiger partial charge in [0.25, 0.3) is 0 Å². The van der Waals surface area contributed by atoms with Crippen molar-refractivity contribution in [3.63, 3.8) is 0 Å². The molecule has 0 aliphatic carbocycles. The first-order valence-electron chi connectivity index (χ1n) is 6.36. The van der Waals surface area contributed by atoms with Crippen LogP contribution in [-0.2, 0) is 20.8 Å². The molecule has 0 atom stereocenters. The molecular formula is C13H19NO4S2. The van der Waals surface area contributed by atoms with Crippen LogP contribution in [0.3, 0.4) is 0 Å². The molecule has 112 valence electrons. The number of nitrogens with zero attached hydrogens (tertiary/aromatic N) is 1. The third-order valence-corrected chi connectivity index (χ3v) is 6.76. The molecule has 0 bridgehead atoms. The maximum absolute atomic E-state index is 12.7. The van der Waals surface area contributed by atoms with Gasteiger partial charge in [-0.25, -0.2) is 8.42 Å². The zero-order chi connectivity index (χ0) is 14.9. The standard InChI is InChI=1S/C13H19NO4S2/c1-10-9-13(11(2)8-12(10)18-3)20(16,17)14-4-6-19(15)7-5-14/h8-9H,4-7H2,1-3H3. The van der Waals surface area contributed by atoms with Gasteiger partial charge in [0.2, 0.25) is 10.0 Å². The Morgan fingerprint density at radius 3 is 2.30 bits per heavy atom. The molecule has 0 unspecified atom stereocenters. The molecular weight excluding hydrogens is 298 g/mol. The van der Waals surface area contributed by atoms with E-state index < -0.39 is 20.8 Å². The average molecular weight is 317 g/mol. The summed E-state index contributed by atoms with van der Waals surface area (Å²) in [6, 6.07) is 3.39. The first-order valence-corrected chi connectivity index (χ1v) is 9.29. The van der Waals surface area contributed by atoms with Crippen LogP contribution in [-0.4, -0.2) is 48.6 Å². The lowest BCUT2D eigenvalue weighted by molar-refractivity contribution is 0.410. The topological polar surface area (TPSA) is 63.7 Å². The van der Waals surface area contributed by atoms with Crippen LogP contribution in [0.15, 0.2) is 17.0 Å². The zero-order valence-corrected chi connectivity index (χ0v) is 13.5. The molecule has 7 heteroatoms. The molecule has 0 aromatic heterocycles. The fraction of sp³-hybridized carbons (Fsp3) is 0.538. The van der Waals surface area contributed by atoms with E-state index in [1.54, 1.807) is 26.2 Å². The van der Waals surface area contributed by atoms with Crippen LogP contribution in [0.4, 0.5) is 0 Å². The van der Waals surface area contributed by atoms with Crippen molar-refractivity contribution in [3.8, 4) is 5.75 Å². The van der Waals surface area contributed by atoms with E-state index in [-0.39, 0.29) is 0 Å². The molecule has 0 spiro atoms. The highest BCUT2D eigenvalue weighted by Crippen LogP contribution is 2.28. The predicted molar refractivity (Wildman–Crippen MR) is 79.1 cm³/mol. The molecule has 1 aromatic rings. The number of rotatable bonds is 3. The van der Waals surface area contributed by atoms with Crippen molar-refractivity contribution in [2.45, 2.75) is 18.7 Å². The Labute approximate surface area is 122 Å². The smallest absolute Gasteiger partial charge is 0.243 e. The predicted octanol–water partition coefficient (Wildman–Crippen LogP) is 1.07. The van der Waals surface area contributed by atoms with E-state index in [9.17, 15) is 12.6 Å². The number of aryl methyl sites for hydroxylation is 2. The first-order chi connectivity index (χ1) is 9.36. The molecule has 0 saturated carbocycles. The van der Waals surface area contributed by atoms with Gasteiger partial charge in [-0.05, 0) is 37.1 Å². The van der Waals surface area contributed by atoms with Gasteiger partial charge in [0, 0.05) is 35.4 Å². The Kier molecular flexibility index (Phi) is 4.51. The van der Waals surface area contributed by atoms with Crippen LogP contribution in [0, 0.1) is 13.8 Å². The maximum Gasteiger partial charge on any atom is 0.243 e. The second-order valence-corrected chi connectivity index (χ2v) is 8.44. The van der Waals surface area contributed by atoms with Crippen LogP contribution >= 0.6 is 0 Å². The molecule has 1 aliphatic rings. The minimum atomic E-state index is -3.52. The Morgan fingerprint density at radius 2 is 1.75 bits per heavy atom. The van der Waals surface area contributed by atoms with Gasteiger partial charge < -0.3 is 4.74 Å². The minimum absolute atomic E-state index is 0.309. The lowest BCUT2D eigenvalue weighted by Gasteiger charge is -2.26. The molecule has 0 radical (unpaired) electrons. The molecule has 0 N–H and O–H groups in total. The summed E-state index contributed by atoms with van der Waals surface area (Å²) in [6.07, 6.45) is 0. The van der Waals surface area contributed by atoms with Crippen molar-refractivity contribution in [2.24, 2.45) is 0 Å². The van der Waals surface area contributed by atoms with Crippen molar-refractivity contribution in [1.29, 1.82) is 0 Å². The van der Waals surface area contributed by atoms with Crippen molar-refractivity contribution < 1.29 is 17.4 Å².